The molecule has 2 N–H and O–H groups in total. The zero-order chi connectivity index (χ0) is 27.7. The number of rotatable bonds is 8. The van der Waals surface area contributed by atoms with Crippen molar-refractivity contribution < 1.29 is 23.8 Å². The van der Waals surface area contributed by atoms with Crippen LogP contribution in [0, 0.1) is 5.82 Å². The lowest BCUT2D eigenvalue weighted by Crippen LogP contribution is -2.31. The molecular weight excluding hydrogens is 495 g/mol. The van der Waals surface area contributed by atoms with Crippen LogP contribution in [0.4, 0.5) is 4.39 Å². The number of fused-ring (bicyclic) bond motifs is 1. The van der Waals surface area contributed by atoms with E-state index in [9.17, 15) is 19.1 Å². The molecule has 1 atom stereocenters. The highest BCUT2D eigenvalue weighted by Gasteiger charge is 2.46. The van der Waals surface area contributed by atoms with Gasteiger partial charge in [0, 0.05) is 34.8 Å². The first kappa shape index (κ1) is 26.2. The lowest BCUT2D eigenvalue weighted by molar-refractivity contribution is -0.139. The normalized spacial score (nSPS) is 16.9. The summed E-state index contributed by atoms with van der Waals surface area (Å²) in [6.45, 7) is 6.69. The SMILES string of the molecule is CCOc1ccc(/C(O)=C2\C(=O)C(=O)N(CCc3ccc(F)cc3)C2c2c[nH]c3ccccc23)cc1C(C)C. The van der Waals surface area contributed by atoms with Crippen molar-refractivity contribution in [3.05, 3.63) is 107 Å². The third-order valence-corrected chi connectivity index (χ3v) is 7.22. The molecule has 1 unspecified atom stereocenters. The number of benzene rings is 3. The second-order valence-corrected chi connectivity index (χ2v) is 10.00. The second-order valence-electron chi connectivity index (χ2n) is 10.00. The van der Waals surface area contributed by atoms with Gasteiger partial charge in [0.05, 0.1) is 18.2 Å². The summed E-state index contributed by atoms with van der Waals surface area (Å²) in [4.78, 5) is 31.7. The fourth-order valence-electron chi connectivity index (χ4n) is 5.24. The van der Waals surface area contributed by atoms with Crippen molar-refractivity contribution in [2.24, 2.45) is 0 Å². The van der Waals surface area contributed by atoms with Crippen LogP contribution in [0.3, 0.4) is 0 Å². The Bertz CT molecular complexity index is 1570. The van der Waals surface area contributed by atoms with E-state index in [4.69, 9.17) is 4.74 Å². The van der Waals surface area contributed by atoms with Crippen LogP contribution in [0.1, 0.15) is 55.0 Å². The summed E-state index contributed by atoms with van der Waals surface area (Å²) < 4.78 is 19.2. The van der Waals surface area contributed by atoms with Crippen molar-refractivity contribution in [1.29, 1.82) is 0 Å². The van der Waals surface area contributed by atoms with Gasteiger partial charge >= 0.3 is 0 Å². The Morgan fingerprint density at radius 2 is 1.82 bits per heavy atom. The summed E-state index contributed by atoms with van der Waals surface area (Å²) in [5.74, 6) is -1.14. The number of carbonyl (C=O) groups excluding carboxylic acids is 2. The standard InChI is InChI=1S/C32H31FN2O4/c1-4-39-27-14-11-21(17-24(27)19(2)3)30(36)28-29(25-18-34-26-8-6-5-7-23(25)26)35(32(38)31(28)37)16-15-20-9-12-22(33)13-10-20/h5-14,17-19,29,34,36H,4,15-16H2,1-3H3/b30-28+. The molecule has 1 saturated heterocycles. The number of ketones is 1. The van der Waals surface area contributed by atoms with Gasteiger partial charge in [-0.2, -0.15) is 0 Å². The number of aliphatic hydroxyl groups excluding tert-OH is 1. The third kappa shape index (κ3) is 4.92. The molecule has 5 rings (SSSR count). The Balaban J connectivity index is 1.63. The predicted octanol–water partition coefficient (Wildman–Crippen LogP) is 6.49. The number of aliphatic hydroxyl groups is 1. The minimum atomic E-state index is -0.796. The molecule has 2 heterocycles. The molecule has 0 saturated carbocycles. The second kappa shape index (κ2) is 10.8. The summed E-state index contributed by atoms with van der Waals surface area (Å²) in [5.41, 5.74) is 3.81. The lowest BCUT2D eigenvalue weighted by atomic mass is 9.93. The quantitative estimate of drug-likeness (QED) is 0.156. The smallest absolute Gasteiger partial charge is 0.295 e. The number of aromatic amines is 1. The maximum absolute atomic E-state index is 13.5. The molecule has 39 heavy (non-hydrogen) atoms. The van der Waals surface area contributed by atoms with Crippen molar-refractivity contribution in [3.63, 3.8) is 0 Å². The van der Waals surface area contributed by atoms with Crippen LogP contribution in [-0.2, 0) is 16.0 Å². The van der Waals surface area contributed by atoms with Crippen LogP contribution >= 0.6 is 0 Å². The number of para-hydroxylation sites is 1. The first-order valence-electron chi connectivity index (χ1n) is 13.2. The Labute approximate surface area is 226 Å². The summed E-state index contributed by atoms with van der Waals surface area (Å²) in [6.07, 6.45) is 2.21. The number of hydrogen-bond donors (Lipinski definition) is 2. The molecule has 0 radical (unpaired) electrons. The maximum Gasteiger partial charge on any atom is 0.295 e. The van der Waals surface area contributed by atoms with Crippen LogP contribution < -0.4 is 4.74 Å². The van der Waals surface area contributed by atoms with Crippen molar-refractivity contribution in [2.75, 3.05) is 13.2 Å². The topological polar surface area (TPSA) is 82.6 Å². The van der Waals surface area contributed by atoms with Gasteiger partial charge in [0.25, 0.3) is 11.7 Å². The van der Waals surface area contributed by atoms with Gasteiger partial charge in [-0.3, -0.25) is 9.59 Å². The van der Waals surface area contributed by atoms with Gasteiger partial charge in [-0.25, -0.2) is 4.39 Å². The highest BCUT2D eigenvalue weighted by Crippen LogP contribution is 2.42. The molecule has 6 nitrogen and oxygen atoms in total. The molecule has 7 heteroatoms. The van der Waals surface area contributed by atoms with Gasteiger partial charge < -0.3 is 19.7 Å². The minimum absolute atomic E-state index is 0.0442. The van der Waals surface area contributed by atoms with Crippen LogP contribution in [0.15, 0.2) is 78.5 Å². The Kier molecular flexibility index (Phi) is 7.24. The van der Waals surface area contributed by atoms with Gasteiger partial charge in [-0.15, -0.1) is 0 Å². The fourth-order valence-corrected chi connectivity index (χ4v) is 5.24. The molecule has 4 aromatic rings. The van der Waals surface area contributed by atoms with Gasteiger partial charge in [0.1, 0.15) is 17.3 Å². The van der Waals surface area contributed by atoms with Crippen molar-refractivity contribution >= 4 is 28.4 Å². The number of amides is 1. The minimum Gasteiger partial charge on any atom is -0.507 e. The summed E-state index contributed by atoms with van der Waals surface area (Å²) in [5, 5.41) is 12.5. The number of carbonyl (C=O) groups is 2. The monoisotopic (exact) mass is 526 g/mol. The van der Waals surface area contributed by atoms with Crippen molar-refractivity contribution in [3.8, 4) is 5.75 Å². The van der Waals surface area contributed by atoms with Gasteiger partial charge in [0.15, 0.2) is 0 Å². The predicted molar refractivity (Wildman–Crippen MR) is 149 cm³/mol. The Morgan fingerprint density at radius 3 is 2.54 bits per heavy atom. The van der Waals surface area contributed by atoms with Gasteiger partial charge in [-0.1, -0.05) is 44.2 Å². The number of nitrogens with zero attached hydrogens (tertiary/aromatic N) is 1. The first-order valence-corrected chi connectivity index (χ1v) is 13.2. The van der Waals surface area contributed by atoms with E-state index in [1.165, 1.54) is 17.0 Å². The average molecular weight is 527 g/mol. The van der Waals surface area contributed by atoms with E-state index in [1.54, 1.807) is 30.5 Å². The average Bonchev–Trinajstić information content (AvgIpc) is 3.46. The molecule has 1 amide bonds. The molecule has 1 fully saturated rings. The molecular formula is C32H31FN2O4. The fraction of sp³-hybridized carbons (Fsp3) is 0.250. The van der Waals surface area contributed by atoms with Crippen molar-refractivity contribution in [1.82, 2.24) is 9.88 Å². The van der Waals surface area contributed by atoms with Gasteiger partial charge in [-0.05, 0) is 66.8 Å². The van der Waals surface area contributed by atoms with Crippen LogP contribution in [0.2, 0.25) is 0 Å². The molecule has 3 aromatic carbocycles. The van der Waals surface area contributed by atoms with E-state index in [1.807, 2.05) is 51.1 Å². The molecule has 0 bridgehead atoms. The van der Waals surface area contributed by atoms with Crippen LogP contribution in [0.5, 0.6) is 5.75 Å². The molecule has 1 aromatic heterocycles. The molecule has 0 aliphatic carbocycles. The number of halogens is 1. The van der Waals surface area contributed by atoms with E-state index in [0.29, 0.717) is 18.6 Å². The number of likely N-dealkylation sites (tertiary alicyclic amines) is 1. The lowest BCUT2D eigenvalue weighted by Gasteiger charge is -2.25. The van der Waals surface area contributed by atoms with Crippen molar-refractivity contribution in [2.45, 2.75) is 39.2 Å². The van der Waals surface area contributed by atoms with Crippen LogP contribution in [0.25, 0.3) is 16.7 Å². The summed E-state index contributed by atoms with van der Waals surface area (Å²) in [7, 11) is 0. The Morgan fingerprint density at radius 1 is 1.08 bits per heavy atom. The molecule has 200 valence electrons. The van der Waals surface area contributed by atoms with Crippen LogP contribution in [-0.4, -0.2) is 39.8 Å². The summed E-state index contributed by atoms with van der Waals surface area (Å²) in [6, 6.07) is 18.3. The first-order chi connectivity index (χ1) is 18.8. The maximum atomic E-state index is 13.5. The number of hydrogen-bond acceptors (Lipinski definition) is 4. The van der Waals surface area contributed by atoms with E-state index in [2.05, 4.69) is 4.98 Å². The highest BCUT2D eigenvalue weighted by atomic mass is 19.1. The number of Topliss-reactive ketones (excluding diaryl/α,β-unsaturated/α-hetero) is 1. The molecule has 0 spiro atoms. The van der Waals surface area contributed by atoms with E-state index in [0.717, 1.165) is 33.3 Å². The number of ether oxygens (including phenoxy) is 1. The summed E-state index contributed by atoms with van der Waals surface area (Å²) >= 11 is 0. The van der Waals surface area contributed by atoms with Gasteiger partial charge in [0.2, 0.25) is 0 Å². The van der Waals surface area contributed by atoms with E-state index < -0.39 is 17.7 Å². The number of nitrogens with one attached hydrogen (secondary N) is 1. The van der Waals surface area contributed by atoms with E-state index in [-0.39, 0.29) is 29.6 Å². The highest BCUT2D eigenvalue weighted by molar-refractivity contribution is 6.46. The number of H-pyrrole nitrogens is 1. The van der Waals surface area contributed by atoms with E-state index >= 15 is 0 Å². The molecule has 1 aliphatic rings. The zero-order valence-electron chi connectivity index (χ0n) is 22.2. The Hall–Kier alpha value is -4.39. The molecule has 1 aliphatic heterocycles. The number of aromatic nitrogens is 1. The largest absolute Gasteiger partial charge is 0.507 e. The zero-order valence-corrected chi connectivity index (χ0v) is 22.2. The third-order valence-electron chi connectivity index (χ3n) is 7.22.